The van der Waals surface area contributed by atoms with Crippen molar-refractivity contribution in [2.75, 3.05) is 11.9 Å². The number of nitrogens with one attached hydrogen (secondary N) is 2. The van der Waals surface area contributed by atoms with Gasteiger partial charge < -0.3 is 20.3 Å². The van der Waals surface area contributed by atoms with Gasteiger partial charge in [0.05, 0.1) is 17.9 Å². The molecule has 1 heterocycles. The molecule has 3 rings (SSSR count). The van der Waals surface area contributed by atoms with Crippen LogP contribution in [0.4, 0.5) is 5.00 Å². The number of hydrogen-bond donors (Lipinski definition) is 4. The SMILES string of the molecule is CCOC(=O)c1c(NC(=O)C(=O)N/N=C(/C)c2ccc(O)cc2O)sc2c1CCCC2. The van der Waals surface area contributed by atoms with E-state index in [4.69, 9.17) is 4.74 Å². The third kappa shape index (κ3) is 5.02. The van der Waals surface area contributed by atoms with Crippen LogP contribution >= 0.6 is 11.3 Å². The Balaban J connectivity index is 1.74. The van der Waals surface area contributed by atoms with Gasteiger partial charge in [0.15, 0.2) is 0 Å². The molecule has 0 aliphatic heterocycles. The minimum absolute atomic E-state index is 0.117. The first-order valence-electron chi connectivity index (χ1n) is 9.81. The summed E-state index contributed by atoms with van der Waals surface area (Å²) in [4.78, 5) is 38.1. The smallest absolute Gasteiger partial charge is 0.341 e. The number of aromatic hydroxyl groups is 2. The highest BCUT2D eigenvalue weighted by atomic mass is 32.1. The molecule has 1 aliphatic carbocycles. The van der Waals surface area contributed by atoms with Crippen LogP contribution in [0, 0.1) is 0 Å². The normalized spacial score (nSPS) is 13.3. The molecule has 0 radical (unpaired) electrons. The van der Waals surface area contributed by atoms with E-state index in [0.29, 0.717) is 10.6 Å². The van der Waals surface area contributed by atoms with Gasteiger partial charge in [-0.1, -0.05) is 0 Å². The molecule has 0 atom stereocenters. The molecular weight excluding hydrogens is 422 g/mol. The van der Waals surface area contributed by atoms with E-state index in [1.54, 1.807) is 6.92 Å². The molecule has 31 heavy (non-hydrogen) atoms. The summed E-state index contributed by atoms with van der Waals surface area (Å²) < 4.78 is 5.14. The van der Waals surface area contributed by atoms with Gasteiger partial charge in [-0.25, -0.2) is 10.2 Å². The second kappa shape index (κ2) is 9.61. The van der Waals surface area contributed by atoms with Crippen molar-refractivity contribution in [1.29, 1.82) is 0 Å². The van der Waals surface area contributed by atoms with E-state index in [-0.39, 0.29) is 29.4 Å². The van der Waals surface area contributed by atoms with Crippen molar-refractivity contribution in [3.63, 3.8) is 0 Å². The van der Waals surface area contributed by atoms with Crippen molar-refractivity contribution in [3.05, 3.63) is 39.8 Å². The van der Waals surface area contributed by atoms with Crippen molar-refractivity contribution in [3.8, 4) is 11.5 Å². The Morgan fingerprint density at radius 2 is 1.90 bits per heavy atom. The van der Waals surface area contributed by atoms with Crippen LogP contribution in [0.2, 0.25) is 0 Å². The topological polar surface area (TPSA) is 137 Å². The van der Waals surface area contributed by atoms with Gasteiger partial charge >= 0.3 is 17.8 Å². The number of anilines is 1. The largest absolute Gasteiger partial charge is 0.508 e. The van der Waals surface area contributed by atoms with E-state index < -0.39 is 17.8 Å². The lowest BCUT2D eigenvalue weighted by atomic mass is 9.95. The lowest BCUT2D eigenvalue weighted by Gasteiger charge is -2.12. The maximum absolute atomic E-state index is 12.4. The molecule has 164 valence electrons. The van der Waals surface area contributed by atoms with Crippen LogP contribution < -0.4 is 10.7 Å². The molecule has 0 bridgehead atoms. The summed E-state index contributed by atoms with van der Waals surface area (Å²) in [6, 6.07) is 3.92. The number of thiophene rings is 1. The Bertz CT molecular complexity index is 1060. The molecule has 4 N–H and O–H groups in total. The first-order chi connectivity index (χ1) is 14.8. The van der Waals surface area contributed by atoms with E-state index in [9.17, 15) is 24.6 Å². The fraction of sp³-hybridized carbons (Fsp3) is 0.333. The molecular formula is C21H23N3O6S. The van der Waals surface area contributed by atoms with Gasteiger partial charge in [0.1, 0.15) is 16.5 Å². The number of ether oxygens (including phenoxy) is 1. The summed E-state index contributed by atoms with van der Waals surface area (Å²) in [7, 11) is 0. The Labute approximate surface area is 182 Å². The third-order valence-corrected chi connectivity index (χ3v) is 5.99. The standard InChI is InChI=1S/C21H23N3O6S/c1-3-30-21(29)17-14-6-4-5-7-16(14)31-20(17)22-18(27)19(28)24-23-11(2)13-9-8-12(25)10-15(13)26/h8-10,25-26H,3-7H2,1-2H3,(H,22,27)(H,24,28)/b23-11-. The summed E-state index contributed by atoms with van der Waals surface area (Å²) in [6.45, 7) is 3.43. The molecule has 10 heteroatoms. The van der Waals surface area contributed by atoms with Crippen LogP contribution in [0.3, 0.4) is 0 Å². The van der Waals surface area contributed by atoms with Crippen molar-refractivity contribution >= 4 is 39.8 Å². The van der Waals surface area contributed by atoms with Gasteiger partial charge in [-0.15, -0.1) is 11.3 Å². The zero-order chi connectivity index (χ0) is 22.5. The quantitative estimate of drug-likeness (QED) is 0.242. The van der Waals surface area contributed by atoms with Crippen molar-refractivity contribution in [1.82, 2.24) is 5.43 Å². The molecule has 0 fully saturated rings. The van der Waals surface area contributed by atoms with Crippen LogP contribution in [0.15, 0.2) is 23.3 Å². The predicted octanol–water partition coefficient (Wildman–Crippen LogP) is 2.69. The number of carbonyl (C=O) groups excluding carboxylic acids is 3. The Kier molecular flexibility index (Phi) is 6.91. The van der Waals surface area contributed by atoms with Crippen LogP contribution in [-0.2, 0) is 27.2 Å². The molecule has 1 aliphatic rings. The van der Waals surface area contributed by atoms with Gasteiger partial charge in [0.25, 0.3) is 0 Å². The number of phenolic OH excluding ortho intramolecular Hbond substituents is 2. The van der Waals surface area contributed by atoms with Gasteiger partial charge in [-0.05, 0) is 57.2 Å². The van der Waals surface area contributed by atoms with E-state index in [1.807, 2.05) is 0 Å². The highest BCUT2D eigenvalue weighted by Gasteiger charge is 2.28. The molecule has 2 amide bonds. The summed E-state index contributed by atoms with van der Waals surface area (Å²) in [5.41, 5.74) is 3.84. The molecule has 9 nitrogen and oxygen atoms in total. The van der Waals surface area contributed by atoms with E-state index in [0.717, 1.165) is 42.2 Å². The Morgan fingerprint density at radius 1 is 1.16 bits per heavy atom. The summed E-state index contributed by atoms with van der Waals surface area (Å²) in [6.07, 6.45) is 3.49. The zero-order valence-corrected chi connectivity index (χ0v) is 18.0. The first-order valence-corrected chi connectivity index (χ1v) is 10.6. The number of rotatable bonds is 5. The van der Waals surface area contributed by atoms with E-state index >= 15 is 0 Å². The number of fused-ring (bicyclic) bond motifs is 1. The lowest BCUT2D eigenvalue weighted by molar-refractivity contribution is -0.136. The number of esters is 1. The number of hydrazone groups is 1. The van der Waals surface area contributed by atoms with Gasteiger partial charge in [-0.3, -0.25) is 9.59 Å². The molecule has 0 saturated heterocycles. The van der Waals surface area contributed by atoms with Crippen LogP contribution in [0.25, 0.3) is 0 Å². The summed E-state index contributed by atoms with van der Waals surface area (Å²) in [5.74, 6) is -2.86. The van der Waals surface area contributed by atoms with Gasteiger partial charge in [0.2, 0.25) is 0 Å². The molecule has 0 spiro atoms. The molecule has 0 saturated carbocycles. The fourth-order valence-electron chi connectivity index (χ4n) is 3.30. The number of aryl methyl sites for hydroxylation is 1. The maximum Gasteiger partial charge on any atom is 0.341 e. The van der Waals surface area contributed by atoms with Gasteiger partial charge in [0, 0.05) is 16.5 Å². The second-order valence-corrected chi connectivity index (χ2v) is 8.03. The Morgan fingerprint density at radius 3 is 2.61 bits per heavy atom. The maximum atomic E-state index is 12.4. The van der Waals surface area contributed by atoms with Crippen molar-refractivity contribution in [2.24, 2.45) is 5.10 Å². The minimum Gasteiger partial charge on any atom is -0.508 e. The lowest BCUT2D eigenvalue weighted by Crippen LogP contribution is -2.33. The van der Waals surface area contributed by atoms with Crippen LogP contribution in [0.5, 0.6) is 11.5 Å². The predicted molar refractivity (Wildman–Crippen MR) is 116 cm³/mol. The number of carbonyl (C=O) groups is 3. The molecule has 1 aromatic heterocycles. The minimum atomic E-state index is -1.03. The molecule has 1 aromatic carbocycles. The third-order valence-electron chi connectivity index (χ3n) is 4.78. The fourth-order valence-corrected chi connectivity index (χ4v) is 4.58. The number of amides is 2. The van der Waals surface area contributed by atoms with E-state index in [2.05, 4.69) is 15.8 Å². The first kappa shape index (κ1) is 22.3. The molecule has 0 unspecified atom stereocenters. The Hall–Kier alpha value is -3.40. The highest BCUT2D eigenvalue weighted by molar-refractivity contribution is 7.17. The summed E-state index contributed by atoms with van der Waals surface area (Å²) >= 11 is 1.28. The average Bonchev–Trinajstić information content (AvgIpc) is 3.09. The monoisotopic (exact) mass is 445 g/mol. The summed E-state index contributed by atoms with van der Waals surface area (Å²) in [5, 5.41) is 25.8. The van der Waals surface area contributed by atoms with Crippen molar-refractivity contribution < 1.29 is 29.3 Å². The number of phenols is 2. The van der Waals surface area contributed by atoms with E-state index in [1.165, 1.54) is 30.4 Å². The van der Waals surface area contributed by atoms with Crippen LogP contribution in [0.1, 0.15) is 53.1 Å². The molecule has 2 aromatic rings. The highest BCUT2D eigenvalue weighted by Crippen LogP contribution is 2.38. The number of benzene rings is 1. The number of hydrogen-bond acceptors (Lipinski definition) is 8. The number of nitrogens with zero attached hydrogens (tertiary/aromatic N) is 1. The zero-order valence-electron chi connectivity index (χ0n) is 17.2. The second-order valence-electron chi connectivity index (χ2n) is 6.93. The van der Waals surface area contributed by atoms with Crippen molar-refractivity contribution in [2.45, 2.75) is 39.5 Å². The van der Waals surface area contributed by atoms with Crippen LogP contribution in [-0.4, -0.2) is 40.3 Å². The van der Waals surface area contributed by atoms with Gasteiger partial charge in [-0.2, -0.15) is 5.10 Å². The average molecular weight is 445 g/mol.